The molecular weight excluding hydrogens is 478 g/mol. The first-order valence-electron chi connectivity index (χ1n) is 12.5. The lowest BCUT2D eigenvalue weighted by Gasteiger charge is -2.29. The van der Waals surface area contributed by atoms with Gasteiger partial charge in [0.2, 0.25) is 5.91 Å². The van der Waals surface area contributed by atoms with Crippen LogP contribution in [0, 0.1) is 20.8 Å². The average molecular weight is 510 g/mol. The summed E-state index contributed by atoms with van der Waals surface area (Å²) in [7, 11) is 0. The van der Waals surface area contributed by atoms with Crippen molar-refractivity contribution in [3.05, 3.63) is 107 Å². The molecule has 7 heteroatoms. The fourth-order valence-corrected chi connectivity index (χ4v) is 5.53. The van der Waals surface area contributed by atoms with E-state index < -0.39 is 0 Å². The Morgan fingerprint density at radius 3 is 2.43 bits per heavy atom. The van der Waals surface area contributed by atoms with E-state index in [0.29, 0.717) is 11.5 Å². The van der Waals surface area contributed by atoms with Crippen LogP contribution in [0.2, 0.25) is 0 Å². The smallest absolute Gasteiger partial charge is 0.224 e. The van der Waals surface area contributed by atoms with Crippen LogP contribution in [0.1, 0.15) is 53.6 Å². The van der Waals surface area contributed by atoms with Crippen LogP contribution < -0.4 is 15.5 Å². The van der Waals surface area contributed by atoms with Crippen molar-refractivity contribution < 1.29 is 4.79 Å². The van der Waals surface area contributed by atoms with Crippen LogP contribution in [0.3, 0.4) is 0 Å². The number of hydrogen-bond donors (Lipinski definition) is 2. The van der Waals surface area contributed by atoms with Gasteiger partial charge in [-0.05, 0) is 92.6 Å². The zero-order valence-electron chi connectivity index (χ0n) is 21.5. The number of carbonyl (C=O) groups excluding carboxylic acids is 1. The van der Waals surface area contributed by atoms with E-state index in [2.05, 4.69) is 75.3 Å². The minimum absolute atomic E-state index is 0.00402. The topological polar surface area (TPSA) is 62.2 Å². The highest BCUT2D eigenvalue weighted by Gasteiger charge is 2.42. The number of amides is 1. The van der Waals surface area contributed by atoms with Crippen molar-refractivity contribution in [2.45, 2.75) is 46.2 Å². The molecule has 6 nitrogen and oxygen atoms in total. The minimum Gasteiger partial charge on any atom is -0.351 e. The van der Waals surface area contributed by atoms with Gasteiger partial charge in [0.15, 0.2) is 5.11 Å². The molecule has 0 saturated carbocycles. The molecule has 1 aliphatic heterocycles. The lowest BCUT2D eigenvalue weighted by Crippen LogP contribution is -2.29. The second-order valence-corrected chi connectivity index (χ2v) is 9.78. The third-order valence-corrected chi connectivity index (χ3v) is 7.30. The van der Waals surface area contributed by atoms with Gasteiger partial charge < -0.3 is 20.1 Å². The van der Waals surface area contributed by atoms with Gasteiger partial charge in [-0.1, -0.05) is 31.2 Å². The zero-order valence-corrected chi connectivity index (χ0v) is 22.3. The Kier molecular flexibility index (Phi) is 6.80. The van der Waals surface area contributed by atoms with Gasteiger partial charge in [-0.3, -0.25) is 9.78 Å². The zero-order chi connectivity index (χ0) is 26.1. The van der Waals surface area contributed by atoms with Crippen molar-refractivity contribution in [1.82, 2.24) is 14.9 Å². The van der Waals surface area contributed by atoms with Crippen LogP contribution in [0.4, 0.5) is 11.4 Å². The van der Waals surface area contributed by atoms with Crippen LogP contribution in [-0.4, -0.2) is 20.6 Å². The number of rotatable bonds is 6. The Morgan fingerprint density at radius 1 is 1.00 bits per heavy atom. The molecule has 4 aromatic rings. The quantitative estimate of drug-likeness (QED) is 0.298. The lowest BCUT2D eigenvalue weighted by molar-refractivity contribution is -0.115. The van der Waals surface area contributed by atoms with Gasteiger partial charge in [-0.25, -0.2) is 0 Å². The highest BCUT2D eigenvalue weighted by Crippen LogP contribution is 2.44. The van der Waals surface area contributed by atoms with E-state index in [0.717, 1.165) is 39.7 Å². The molecule has 2 aromatic heterocycles. The number of nitrogens with zero attached hydrogens (tertiary/aromatic N) is 3. The molecule has 1 saturated heterocycles. The first kappa shape index (κ1) is 24.7. The summed E-state index contributed by atoms with van der Waals surface area (Å²) in [6.45, 7) is 8.16. The Hall–Kier alpha value is -3.97. The molecule has 0 aliphatic carbocycles. The first-order valence-corrected chi connectivity index (χ1v) is 12.9. The second kappa shape index (κ2) is 10.2. The minimum atomic E-state index is -0.127. The predicted molar refractivity (Wildman–Crippen MR) is 153 cm³/mol. The van der Waals surface area contributed by atoms with E-state index in [1.807, 2.05) is 56.4 Å². The first-order chi connectivity index (χ1) is 17.9. The molecule has 188 valence electrons. The Morgan fingerprint density at radius 2 is 1.76 bits per heavy atom. The SMILES string of the molecule is CCC(=O)Nc1ccc(N2C(=S)N[C@@H](c3ccccn3)[C@H]2c2cc(C)n(-c3ccccc3)c2C)cc1C. The molecule has 2 atom stereocenters. The molecule has 5 rings (SSSR count). The summed E-state index contributed by atoms with van der Waals surface area (Å²) >= 11 is 5.93. The maximum atomic E-state index is 12.0. The van der Waals surface area contributed by atoms with Crippen molar-refractivity contribution in [2.24, 2.45) is 0 Å². The number of para-hydroxylation sites is 1. The van der Waals surface area contributed by atoms with Crippen molar-refractivity contribution in [3.63, 3.8) is 0 Å². The molecule has 0 bridgehead atoms. The highest BCUT2D eigenvalue weighted by molar-refractivity contribution is 7.80. The third-order valence-electron chi connectivity index (χ3n) is 6.98. The summed E-state index contributed by atoms with van der Waals surface area (Å²) in [6.07, 6.45) is 2.26. The van der Waals surface area contributed by atoms with E-state index in [1.165, 1.54) is 5.56 Å². The summed E-state index contributed by atoms with van der Waals surface area (Å²) in [5.41, 5.74) is 8.34. The lowest BCUT2D eigenvalue weighted by atomic mass is 9.96. The van der Waals surface area contributed by atoms with E-state index in [-0.39, 0.29) is 18.0 Å². The van der Waals surface area contributed by atoms with Crippen LogP contribution in [0.5, 0.6) is 0 Å². The number of thiocarbonyl (C=S) groups is 1. The number of pyridine rings is 1. The van der Waals surface area contributed by atoms with Crippen LogP contribution in [0.25, 0.3) is 5.69 Å². The molecule has 0 spiro atoms. The predicted octanol–water partition coefficient (Wildman–Crippen LogP) is 6.32. The van der Waals surface area contributed by atoms with E-state index in [4.69, 9.17) is 12.2 Å². The Bertz CT molecular complexity index is 1450. The molecule has 2 N–H and O–H groups in total. The monoisotopic (exact) mass is 509 g/mol. The molecule has 1 aliphatic rings. The highest BCUT2D eigenvalue weighted by atomic mass is 32.1. The number of aryl methyl sites for hydroxylation is 2. The summed E-state index contributed by atoms with van der Waals surface area (Å²) in [4.78, 5) is 18.9. The number of hydrogen-bond acceptors (Lipinski definition) is 3. The van der Waals surface area contributed by atoms with Crippen LogP contribution >= 0.6 is 12.2 Å². The maximum absolute atomic E-state index is 12.0. The summed E-state index contributed by atoms with van der Waals surface area (Å²) in [5.74, 6) is -0.00402. The van der Waals surface area contributed by atoms with E-state index in [1.54, 1.807) is 0 Å². The fourth-order valence-electron chi connectivity index (χ4n) is 5.19. The van der Waals surface area contributed by atoms with Crippen molar-refractivity contribution in [3.8, 4) is 5.69 Å². The van der Waals surface area contributed by atoms with E-state index in [9.17, 15) is 4.79 Å². The van der Waals surface area contributed by atoms with Crippen molar-refractivity contribution in [2.75, 3.05) is 10.2 Å². The number of nitrogens with one attached hydrogen (secondary N) is 2. The fraction of sp³-hybridized carbons (Fsp3) is 0.233. The normalized spacial score (nSPS) is 17.1. The molecular formula is C30H31N5OS. The molecule has 37 heavy (non-hydrogen) atoms. The Balaban J connectivity index is 1.63. The summed E-state index contributed by atoms with van der Waals surface area (Å²) in [6, 6.07) is 24.5. The third kappa shape index (κ3) is 4.62. The Labute approximate surface area is 223 Å². The van der Waals surface area contributed by atoms with E-state index >= 15 is 0 Å². The molecule has 3 heterocycles. The molecule has 1 amide bonds. The average Bonchev–Trinajstić information content (AvgIpc) is 3.41. The number of carbonyl (C=O) groups is 1. The van der Waals surface area contributed by atoms with Crippen molar-refractivity contribution in [1.29, 1.82) is 0 Å². The molecule has 0 radical (unpaired) electrons. The summed E-state index contributed by atoms with van der Waals surface area (Å²) < 4.78 is 2.29. The number of aromatic nitrogens is 2. The van der Waals surface area contributed by atoms with Gasteiger partial charge >= 0.3 is 0 Å². The van der Waals surface area contributed by atoms with Crippen molar-refractivity contribution >= 4 is 34.6 Å². The largest absolute Gasteiger partial charge is 0.351 e. The van der Waals surface area contributed by atoms with Crippen LogP contribution in [-0.2, 0) is 4.79 Å². The maximum Gasteiger partial charge on any atom is 0.224 e. The molecule has 2 aromatic carbocycles. The summed E-state index contributed by atoms with van der Waals surface area (Å²) in [5, 5.41) is 7.19. The molecule has 1 fully saturated rings. The van der Waals surface area contributed by atoms with Gasteiger partial charge in [0.25, 0.3) is 0 Å². The number of anilines is 2. The molecule has 0 unspecified atom stereocenters. The second-order valence-electron chi connectivity index (χ2n) is 9.39. The van der Waals surface area contributed by atoms with Gasteiger partial charge in [0.1, 0.15) is 0 Å². The van der Waals surface area contributed by atoms with Gasteiger partial charge in [0.05, 0.1) is 17.8 Å². The van der Waals surface area contributed by atoms with Crippen LogP contribution in [0.15, 0.2) is 79.0 Å². The van der Waals surface area contributed by atoms with Gasteiger partial charge in [-0.15, -0.1) is 0 Å². The van der Waals surface area contributed by atoms with Gasteiger partial charge in [-0.2, -0.15) is 0 Å². The number of benzene rings is 2. The standard InChI is InChI=1S/C30H31N5OS/c1-5-27(36)32-25-15-14-23(17-19(25)2)35-29(28(33-30(35)37)26-13-9-10-16-31-26)24-18-20(3)34(21(24)4)22-11-7-6-8-12-22/h6-18,28-29H,5H2,1-4H3,(H,32,36)(H,33,37)/t28-,29+/m0/s1. The van der Waals surface area contributed by atoms with Gasteiger partial charge in [0, 0.05) is 41.1 Å².